The highest BCUT2D eigenvalue weighted by Gasteiger charge is 2.39. The fraction of sp³-hybridized carbons (Fsp3) is 0.824. The van der Waals surface area contributed by atoms with Gasteiger partial charge < -0.3 is 9.42 Å². The van der Waals surface area contributed by atoms with Gasteiger partial charge in [0, 0.05) is 32.0 Å². The molecule has 2 atom stereocenters. The zero-order valence-corrected chi connectivity index (χ0v) is 14.3. The van der Waals surface area contributed by atoms with Gasteiger partial charge in [-0.2, -0.15) is 4.98 Å². The minimum Gasteiger partial charge on any atom is -0.339 e. The summed E-state index contributed by atoms with van der Waals surface area (Å²) in [5.41, 5.74) is 0. The van der Waals surface area contributed by atoms with Gasteiger partial charge in [0.25, 0.3) is 0 Å². The van der Waals surface area contributed by atoms with E-state index in [1.807, 2.05) is 0 Å². The number of rotatable bonds is 6. The normalized spacial score (nSPS) is 25.4. The molecule has 2 aliphatic heterocycles. The largest absolute Gasteiger partial charge is 0.339 e. The van der Waals surface area contributed by atoms with E-state index in [4.69, 9.17) is 4.52 Å². The third kappa shape index (κ3) is 3.74. The van der Waals surface area contributed by atoms with Crippen LogP contribution in [0.5, 0.6) is 0 Å². The number of nitrogens with zero attached hydrogens (tertiary/aromatic N) is 4. The van der Waals surface area contributed by atoms with E-state index < -0.39 is 0 Å². The highest BCUT2D eigenvalue weighted by atomic mass is 16.5. The summed E-state index contributed by atoms with van der Waals surface area (Å²) >= 11 is 0. The number of hydrogen-bond acceptors (Lipinski definition) is 5. The average molecular weight is 320 g/mol. The number of aromatic nitrogens is 2. The third-order valence-corrected chi connectivity index (χ3v) is 5.16. The van der Waals surface area contributed by atoms with Gasteiger partial charge in [0.2, 0.25) is 11.8 Å². The summed E-state index contributed by atoms with van der Waals surface area (Å²) in [6.07, 6.45) is 7.68. The molecule has 2 aliphatic rings. The average Bonchev–Trinajstić information content (AvgIpc) is 3.25. The zero-order chi connectivity index (χ0) is 16.2. The number of aryl methyl sites for hydroxylation is 1. The molecule has 0 unspecified atom stereocenters. The standard InChI is InChI=1S/C17H28N4O2/c1-3-4-9-17-18-16(19-23-17)12-20-10-5-7-14(20)15-8-6-11-21(15)13(2)22/h14-15H,3-12H2,1-2H3/t14-,15+/m1/s1. The molecule has 3 heterocycles. The minimum atomic E-state index is 0.209. The van der Waals surface area contributed by atoms with Crippen molar-refractivity contribution in [3.8, 4) is 0 Å². The Morgan fingerprint density at radius 3 is 2.83 bits per heavy atom. The first-order valence-electron chi connectivity index (χ1n) is 9.01. The van der Waals surface area contributed by atoms with E-state index in [1.54, 1.807) is 6.92 Å². The first-order valence-corrected chi connectivity index (χ1v) is 9.01. The van der Waals surface area contributed by atoms with Crippen LogP contribution in [0.15, 0.2) is 4.52 Å². The summed E-state index contributed by atoms with van der Waals surface area (Å²) in [5, 5.41) is 4.14. The summed E-state index contributed by atoms with van der Waals surface area (Å²) in [5.74, 6) is 1.75. The quantitative estimate of drug-likeness (QED) is 0.805. The summed E-state index contributed by atoms with van der Waals surface area (Å²) in [6, 6.07) is 0.806. The topological polar surface area (TPSA) is 62.5 Å². The molecule has 6 nitrogen and oxygen atoms in total. The van der Waals surface area contributed by atoms with Gasteiger partial charge >= 0.3 is 0 Å². The van der Waals surface area contributed by atoms with Crippen molar-refractivity contribution < 1.29 is 9.32 Å². The van der Waals surface area contributed by atoms with Gasteiger partial charge in [-0.15, -0.1) is 0 Å². The van der Waals surface area contributed by atoms with Gasteiger partial charge in [0.1, 0.15) is 0 Å². The third-order valence-electron chi connectivity index (χ3n) is 5.16. The molecule has 0 aliphatic carbocycles. The van der Waals surface area contributed by atoms with E-state index in [0.717, 1.165) is 69.9 Å². The van der Waals surface area contributed by atoms with Crippen LogP contribution in [0.4, 0.5) is 0 Å². The summed E-state index contributed by atoms with van der Waals surface area (Å²) in [7, 11) is 0. The second kappa shape index (κ2) is 7.43. The van der Waals surface area contributed by atoms with E-state index >= 15 is 0 Å². The molecule has 6 heteroatoms. The van der Waals surface area contributed by atoms with E-state index in [-0.39, 0.29) is 5.91 Å². The molecule has 0 N–H and O–H groups in total. The molecule has 2 saturated heterocycles. The van der Waals surface area contributed by atoms with Crippen molar-refractivity contribution in [2.45, 2.75) is 77.4 Å². The van der Waals surface area contributed by atoms with E-state index in [2.05, 4.69) is 26.9 Å². The lowest BCUT2D eigenvalue weighted by atomic mass is 10.0. The zero-order valence-electron chi connectivity index (χ0n) is 14.3. The van der Waals surface area contributed by atoms with Crippen LogP contribution in [0.1, 0.15) is 64.1 Å². The Hall–Kier alpha value is -1.43. The highest BCUT2D eigenvalue weighted by molar-refractivity contribution is 5.74. The molecule has 0 spiro atoms. The minimum absolute atomic E-state index is 0.209. The van der Waals surface area contributed by atoms with Crippen molar-refractivity contribution in [2.75, 3.05) is 13.1 Å². The first-order chi connectivity index (χ1) is 11.2. The van der Waals surface area contributed by atoms with Crippen LogP contribution in [0.2, 0.25) is 0 Å². The maximum Gasteiger partial charge on any atom is 0.226 e. The molecule has 2 fully saturated rings. The van der Waals surface area contributed by atoms with Crippen molar-refractivity contribution in [1.82, 2.24) is 19.9 Å². The van der Waals surface area contributed by atoms with Gasteiger partial charge in [-0.05, 0) is 38.6 Å². The van der Waals surface area contributed by atoms with Gasteiger partial charge in [0.05, 0.1) is 6.54 Å². The molecule has 3 rings (SSSR count). The monoisotopic (exact) mass is 320 g/mol. The van der Waals surface area contributed by atoms with Gasteiger partial charge in [0.15, 0.2) is 5.82 Å². The van der Waals surface area contributed by atoms with Crippen molar-refractivity contribution in [1.29, 1.82) is 0 Å². The molecule has 23 heavy (non-hydrogen) atoms. The summed E-state index contributed by atoms with van der Waals surface area (Å²) in [4.78, 5) is 20.9. The van der Waals surface area contributed by atoms with Crippen LogP contribution < -0.4 is 0 Å². The number of likely N-dealkylation sites (tertiary alicyclic amines) is 2. The first kappa shape index (κ1) is 16.4. The van der Waals surface area contributed by atoms with Gasteiger partial charge in [-0.3, -0.25) is 9.69 Å². The van der Waals surface area contributed by atoms with Crippen molar-refractivity contribution in [3.63, 3.8) is 0 Å². The maximum atomic E-state index is 11.8. The Morgan fingerprint density at radius 1 is 1.26 bits per heavy atom. The molecule has 128 valence electrons. The van der Waals surface area contributed by atoms with Crippen LogP contribution >= 0.6 is 0 Å². The molecule has 1 amide bonds. The fourth-order valence-electron chi connectivity index (χ4n) is 4.03. The number of carbonyl (C=O) groups is 1. The van der Waals surface area contributed by atoms with Crippen molar-refractivity contribution >= 4 is 5.91 Å². The molecule has 0 bridgehead atoms. The van der Waals surface area contributed by atoms with E-state index in [1.165, 1.54) is 6.42 Å². The number of hydrogen-bond donors (Lipinski definition) is 0. The Balaban J connectivity index is 1.62. The number of amides is 1. The summed E-state index contributed by atoms with van der Waals surface area (Å²) in [6.45, 7) is 6.56. The second-order valence-corrected chi connectivity index (χ2v) is 6.81. The molecule has 0 aromatic carbocycles. The Labute approximate surface area is 138 Å². The lowest BCUT2D eigenvalue weighted by Gasteiger charge is -2.34. The molecular weight excluding hydrogens is 292 g/mol. The van der Waals surface area contributed by atoms with E-state index in [0.29, 0.717) is 12.1 Å². The Bertz CT molecular complexity index is 530. The smallest absolute Gasteiger partial charge is 0.226 e. The second-order valence-electron chi connectivity index (χ2n) is 6.81. The highest BCUT2D eigenvalue weighted by Crippen LogP contribution is 2.30. The predicted octanol–water partition coefficient (Wildman–Crippen LogP) is 2.39. The van der Waals surface area contributed by atoms with Crippen molar-refractivity contribution in [2.24, 2.45) is 0 Å². The van der Waals surface area contributed by atoms with Crippen LogP contribution in [-0.4, -0.2) is 51.0 Å². The Kier molecular flexibility index (Phi) is 5.30. The van der Waals surface area contributed by atoms with Crippen LogP contribution in [-0.2, 0) is 17.8 Å². The molecule has 0 radical (unpaired) electrons. The lowest BCUT2D eigenvalue weighted by molar-refractivity contribution is -0.130. The lowest BCUT2D eigenvalue weighted by Crippen LogP contribution is -2.47. The van der Waals surface area contributed by atoms with Gasteiger partial charge in [-0.25, -0.2) is 0 Å². The number of unbranched alkanes of at least 4 members (excludes halogenated alkanes) is 1. The van der Waals surface area contributed by atoms with Crippen LogP contribution in [0.25, 0.3) is 0 Å². The predicted molar refractivity (Wildman–Crippen MR) is 86.8 cm³/mol. The van der Waals surface area contributed by atoms with Gasteiger partial charge in [-0.1, -0.05) is 18.5 Å². The van der Waals surface area contributed by atoms with Crippen molar-refractivity contribution in [3.05, 3.63) is 11.7 Å². The van der Waals surface area contributed by atoms with E-state index in [9.17, 15) is 4.79 Å². The Morgan fingerprint density at radius 2 is 2.04 bits per heavy atom. The summed E-state index contributed by atoms with van der Waals surface area (Å²) < 4.78 is 5.34. The fourth-order valence-corrected chi connectivity index (χ4v) is 4.03. The van der Waals surface area contributed by atoms with Crippen LogP contribution in [0, 0.1) is 0 Å². The SMILES string of the molecule is CCCCc1nc(CN2CCC[C@@H]2[C@@H]2CCCN2C(C)=O)no1. The molecule has 0 saturated carbocycles. The molecule has 1 aromatic rings. The maximum absolute atomic E-state index is 11.8. The molecule has 1 aromatic heterocycles. The molecular formula is C17H28N4O2. The number of carbonyl (C=O) groups excluding carboxylic acids is 1. The van der Waals surface area contributed by atoms with Crippen LogP contribution in [0.3, 0.4) is 0 Å².